The van der Waals surface area contributed by atoms with Crippen molar-refractivity contribution in [3.8, 4) is 0 Å². The molecule has 0 bridgehead atoms. The summed E-state index contributed by atoms with van der Waals surface area (Å²) < 4.78 is 0. The fourth-order valence-electron chi connectivity index (χ4n) is 1.43. The van der Waals surface area contributed by atoms with E-state index in [-0.39, 0.29) is 0 Å². The first-order valence-corrected chi connectivity index (χ1v) is 5.54. The molecule has 2 amide bonds. The number of carbonyl (C=O) groups excluding carboxylic acids is 2. The summed E-state index contributed by atoms with van der Waals surface area (Å²) in [5.74, 6) is -1.24. The lowest BCUT2D eigenvalue weighted by Gasteiger charge is -2.17. The molecular formula is C12H17N3O3. The Morgan fingerprint density at radius 2 is 1.89 bits per heavy atom. The maximum absolute atomic E-state index is 11.5. The fraction of sp³-hybridized carbons (Fsp3) is 0.333. The zero-order valence-electron chi connectivity index (χ0n) is 9.87. The van der Waals surface area contributed by atoms with Gasteiger partial charge < -0.3 is 21.9 Å². The third-order valence-corrected chi connectivity index (χ3v) is 2.48. The number of nitrogens with one attached hydrogen (secondary N) is 1. The summed E-state index contributed by atoms with van der Waals surface area (Å²) in [5.41, 5.74) is 11.4. The number of carbonyl (C=O) groups is 2. The molecule has 6 heteroatoms. The molecular weight excluding hydrogens is 234 g/mol. The van der Waals surface area contributed by atoms with Gasteiger partial charge in [0.25, 0.3) is 0 Å². The van der Waals surface area contributed by atoms with Crippen molar-refractivity contribution in [2.24, 2.45) is 11.5 Å². The van der Waals surface area contributed by atoms with Crippen LogP contribution < -0.4 is 16.8 Å². The molecule has 0 aliphatic heterocycles. The van der Waals surface area contributed by atoms with E-state index in [2.05, 4.69) is 5.32 Å². The normalized spacial score (nSPS) is 13.7. The number of aliphatic hydroxyl groups excluding tert-OH is 1. The van der Waals surface area contributed by atoms with Gasteiger partial charge in [0.15, 0.2) is 0 Å². The molecule has 18 heavy (non-hydrogen) atoms. The number of rotatable bonds is 6. The molecule has 0 saturated carbocycles. The molecule has 1 unspecified atom stereocenters. The van der Waals surface area contributed by atoms with E-state index < -0.39 is 30.5 Å². The van der Waals surface area contributed by atoms with E-state index in [9.17, 15) is 9.59 Å². The molecule has 0 heterocycles. The number of primary amides is 1. The Morgan fingerprint density at radius 3 is 2.39 bits per heavy atom. The highest BCUT2D eigenvalue weighted by atomic mass is 16.3. The predicted molar refractivity (Wildman–Crippen MR) is 66.3 cm³/mol. The van der Waals surface area contributed by atoms with Gasteiger partial charge in [-0.15, -0.1) is 0 Å². The Morgan fingerprint density at radius 1 is 1.28 bits per heavy atom. The van der Waals surface area contributed by atoms with Crippen LogP contribution >= 0.6 is 0 Å². The zero-order valence-corrected chi connectivity index (χ0v) is 9.87. The summed E-state index contributed by atoms with van der Waals surface area (Å²) in [4.78, 5) is 22.7. The van der Waals surface area contributed by atoms with E-state index in [0.717, 1.165) is 5.56 Å². The van der Waals surface area contributed by atoms with E-state index in [0.29, 0.717) is 6.42 Å². The highest BCUT2D eigenvalue weighted by Gasteiger charge is 2.21. The molecule has 6 N–H and O–H groups in total. The van der Waals surface area contributed by atoms with Crippen LogP contribution in [0.3, 0.4) is 0 Å². The van der Waals surface area contributed by atoms with Crippen LogP contribution in [0.1, 0.15) is 5.56 Å². The van der Waals surface area contributed by atoms with Gasteiger partial charge in [0, 0.05) is 6.42 Å². The van der Waals surface area contributed by atoms with E-state index in [4.69, 9.17) is 16.6 Å². The predicted octanol–water partition coefficient (Wildman–Crippen LogP) is -1.48. The van der Waals surface area contributed by atoms with Gasteiger partial charge in [0.05, 0.1) is 6.61 Å². The summed E-state index contributed by atoms with van der Waals surface area (Å²) in [7, 11) is 0. The van der Waals surface area contributed by atoms with Crippen LogP contribution in [-0.2, 0) is 16.0 Å². The SMILES string of the molecule is NC(=O)C(Cc1ccccc1)NC(=O)[C@@H](N)CO. The Bertz CT molecular complexity index is 408. The van der Waals surface area contributed by atoms with E-state index >= 15 is 0 Å². The minimum atomic E-state index is -1.05. The van der Waals surface area contributed by atoms with Crippen LogP contribution in [0.4, 0.5) is 0 Å². The average Bonchev–Trinajstić information content (AvgIpc) is 2.37. The standard InChI is InChI=1S/C12H17N3O3/c13-9(7-16)12(18)15-10(11(14)17)6-8-4-2-1-3-5-8/h1-5,9-10,16H,6-7,13H2,(H2,14,17)(H,15,18)/t9-,10?/m0/s1. The average molecular weight is 251 g/mol. The lowest BCUT2D eigenvalue weighted by molar-refractivity contribution is -0.128. The van der Waals surface area contributed by atoms with Crippen molar-refractivity contribution in [1.29, 1.82) is 0 Å². The second-order valence-electron chi connectivity index (χ2n) is 3.94. The Hall–Kier alpha value is -1.92. The number of hydrogen-bond acceptors (Lipinski definition) is 4. The minimum Gasteiger partial charge on any atom is -0.394 e. The maximum atomic E-state index is 11.5. The van der Waals surface area contributed by atoms with E-state index in [1.54, 1.807) is 0 Å². The Kier molecular flexibility index (Phi) is 5.29. The molecule has 1 rings (SSSR count). The quantitative estimate of drug-likeness (QED) is 0.493. The van der Waals surface area contributed by atoms with Gasteiger partial charge in [-0.3, -0.25) is 9.59 Å². The van der Waals surface area contributed by atoms with E-state index in [1.165, 1.54) is 0 Å². The summed E-state index contributed by atoms with van der Waals surface area (Å²) in [6.45, 7) is -0.483. The zero-order chi connectivity index (χ0) is 13.5. The first-order valence-electron chi connectivity index (χ1n) is 5.54. The fourth-order valence-corrected chi connectivity index (χ4v) is 1.43. The number of nitrogens with two attached hydrogens (primary N) is 2. The molecule has 0 saturated heterocycles. The summed E-state index contributed by atoms with van der Waals surface area (Å²) in [5, 5.41) is 11.2. The monoisotopic (exact) mass is 251 g/mol. The van der Waals surface area contributed by atoms with Gasteiger partial charge in [0.2, 0.25) is 11.8 Å². The molecule has 0 aromatic heterocycles. The first kappa shape index (κ1) is 14.1. The Labute approximate surface area is 105 Å². The van der Waals surface area contributed by atoms with Gasteiger partial charge in [0.1, 0.15) is 12.1 Å². The number of aliphatic hydroxyl groups is 1. The molecule has 98 valence electrons. The highest BCUT2D eigenvalue weighted by Crippen LogP contribution is 2.03. The molecule has 2 atom stereocenters. The maximum Gasteiger partial charge on any atom is 0.240 e. The van der Waals surface area contributed by atoms with Crippen LogP contribution in [0.2, 0.25) is 0 Å². The van der Waals surface area contributed by atoms with Crippen molar-refractivity contribution >= 4 is 11.8 Å². The van der Waals surface area contributed by atoms with Gasteiger partial charge in [-0.05, 0) is 5.56 Å². The number of hydrogen-bond donors (Lipinski definition) is 4. The molecule has 0 fully saturated rings. The van der Waals surface area contributed by atoms with Crippen LogP contribution in [0, 0.1) is 0 Å². The van der Waals surface area contributed by atoms with Crippen molar-refractivity contribution in [3.63, 3.8) is 0 Å². The second-order valence-corrected chi connectivity index (χ2v) is 3.94. The van der Waals surface area contributed by atoms with Crippen LogP contribution in [0.15, 0.2) is 30.3 Å². The van der Waals surface area contributed by atoms with Gasteiger partial charge >= 0.3 is 0 Å². The third-order valence-electron chi connectivity index (χ3n) is 2.48. The molecule has 1 aromatic rings. The van der Waals surface area contributed by atoms with Crippen molar-refractivity contribution in [3.05, 3.63) is 35.9 Å². The third kappa shape index (κ3) is 4.15. The van der Waals surface area contributed by atoms with Gasteiger partial charge in [-0.25, -0.2) is 0 Å². The number of amides is 2. The lowest BCUT2D eigenvalue weighted by Crippen LogP contribution is -2.52. The summed E-state index contributed by atoms with van der Waals surface area (Å²) in [6, 6.07) is 7.27. The number of benzene rings is 1. The van der Waals surface area contributed by atoms with Crippen molar-refractivity contribution in [1.82, 2.24) is 5.32 Å². The molecule has 0 radical (unpaired) electrons. The van der Waals surface area contributed by atoms with Gasteiger partial charge in [-0.2, -0.15) is 0 Å². The Balaban J connectivity index is 2.67. The molecule has 0 aliphatic carbocycles. The topological polar surface area (TPSA) is 118 Å². The summed E-state index contributed by atoms with van der Waals surface area (Å²) >= 11 is 0. The molecule has 1 aromatic carbocycles. The first-order chi connectivity index (χ1) is 8.54. The van der Waals surface area contributed by atoms with E-state index in [1.807, 2.05) is 30.3 Å². The molecule has 6 nitrogen and oxygen atoms in total. The van der Waals surface area contributed by atoms with Crippen LogP contribution in [-0.4, -0.2) is 35.6 Å². The molecule has 0 aliphatic rings. The molecule has 0 spiro atoms. The smallest absolute Gasteiger partial charge is 0.240 e. The van der Waals surface area contributed by atoms with Crippen LogP contribution in [0.25, 0.3) is 0 Å². The van der Waals surface area contributed by atoms with Gasteiger partial charge in [-0.1, -0.05) is 30.3 Å². The van der Waals surface area contributed by atoms with Crippen molar-refractivity contribution < 1.29 is 14.7 Å². The van der Waals surface area contributed by atoms with Crippen molar-refractivity contribution in [2.75, 3.05) is 6.61 Å². The highest BCUT2D eigenvalue weighted by molar-refractivity contribution is 5.89. The van der Waals surface area contributed by atoms with Crippen molar-refractivity contribution in [2.45, 2.75) is 18.5 Å². The largest absolute Gasteiger partial charge is 0.394 e. The van der Waals surface area contributed by atoms with Crippen LogP contribution in [0.5, 0.6) is 0 Å². The summed E-state index contributed by atoms with van der Waals surface area (Å²) in [6.07, 6.45) is 0.292. The second kappa shape index (κ2) is 6.73. The lowest BCUT2D eigenvalue weighted by atomic mass is 10.1. The minimum absolute atomic E-state index is 0.292.